The highest BCUT2D eigenvalue weighted by Gasteiger charge is 2.23. The van der Waals surface area contributed by atoms with Gasteiger partial charge in [-0.3, -0.25) is 9.59 Å². The maximum absolute atomic E-state index is 12.4. The Hall–Kier alpha value is -1.93. The van der Waals surface area contributed by atoms with Gasteiger partial charge in [-0.25, -0.2) is 8.42 Å². The molecule has 0 saturated heterocycles. The van der Waals surface area contributed by atoms with E-state index in [1.54, 1.807) is 13.8 Å². The smallest absolute Gasteiger partial charge is 0.323 e. The summed E-state index contributed by atoms with van der Waals surface area (Å²) in [5.41, 5.74) is 0.267. The number of benzene rings is 1. The Morgan fingerprint density at radius 1 is 1.04 bits per heavy atom. The van der Waals surface area contributed by atoms with E-state index in [0.717, 1.165) is 0 Å². The number of carbonyl (C=O) groups is 2. The molecule has 0 aliphatic carbocycles. The van der Waals surface area contributed by atoms with Crippen molar-refractivity contribution in [3.8, 4) is 0 Å². The van der Waals surface area contributed by atoms with Crippen molar-refractivity contribution in [2.24, 2.45) is 0 Å². The molecular formula is C16H24N2O5S. The van der Waals surface area contributed by atoms with Gasteiger partial charge in [-0.1, -0.05) is 20.8 Å². The molecule has 134 valence electrons. The third-order valence-corrected chi connectivity index (χ3v) is 5.62. The minimum absolute atomic E-state index is 0.114. The summed E-state index contributed by atoms with van der Waals surface area (Å²) in [6.45, 7) is 6.03. The molecule has 0 saturated carbocycles. The van der Waals surface area contributed by atoms with Crippen LogP contribution in [0.5, 0.6) is 0 Å². The molecule has 8 heteroatoms. The topological polar surface area (TPSA) is 95.0 Å². The van der Waals surface area contributed by atoms with Gasteiger partial charge in [-0.15, -0.1) is 0 Å². The molecule has 0 radical (unpaired) electrons. The molecule has 0 aliphatic heterocycles. The number of sulfonamides is 1. The zero-order chi connectivity index (χ0) is 18.3. The fraction of sp³-hybridized carbons (Fsp3) is 0.500. The molecule has 24 heavy (non-hydrogen) atoms. The second kappa shape index (κ2) is 8.79. The van der Waals surface area contributed by atoms with Crippen LogP contribution in [0.25, 0.3) is 0 Å². The highest BCUT2D eigenvalue weighted by Crippen LogP contribution is 2.17. The normalized spacial score (nSPS) is 11.5. The molecule has 1 aromatic carbocycles. The first kappa shape index (κ1) is 20.1. The Labute approximate surface area is 142 Å². The fourth-order valence-electron chi connectivity index (χ4n) is 2.35. The lowest BCUT2D eigenvalue weighted by Gasteiger charge is -2.21. The molecule has 0 heterocycles. The van der Waals surface area contributed by atoms with Gasteiger partial charge in [0.1, 0.15) is 6.54 Å². The van der Waals surface area contributed by atoms with Crippen LogP contribution in [0, 0.1) is 0 Å². The number of carboxylic acid groups (broad SMARTS) is 1. The lowest BCUT2D eigenvalue weighted by molar-refractivity contribution is -0.137. The van der Waals surface area contributed by atoms with E-state index in [-0.39, 0.29) is 17.0 Å². The molecule has 0 spiro atoms. The first-order valence-electron chi connectivity index (χ1n) is 7.89. The Bertz CT molecular complexity index is 666. The molecule has 1 amide bonds. The third-order valence-electron chi connectivity index (χ3n) is 3.55. The van der Waals surface area contributed by atoms with Crippen molar-refractivity contribution < 1.29 is 23.1 Å². The molecule has 0 aliphatic rings. The lowest BCUT2D eigenvalue weighted by Crippen LogP contribution is -2.36. The summed E-state index contributed by atoms with van der Waals surface area (Å²) in [5, 5.41) is 8.89. The van der Waals surface area contributed by atoms with Gasteiger partial charge < -0.3 is 10.0 Å². The molecule has 7 nitrogen and oxygen atoms in total. The monoisotopic (exact) mass is 356 g/mol. The Kier molecular flexibility index (Phi) is 7.37. The Morgan fingerprint density at radius 3 is 2.00 bits per heavy atom. The van der Waals surface area contributed by atoms with Crippen molar-refractivity contribution in [2.45, 2.75) is 32.1 Å². The summed E-state index contributed by atoms with van der Waals surface area (Å²) in [6.07, 6.45) is 0.632. The molecular weight excluding hydrogens is 332 g/mol. The zero-order valence-electron chi connectivity index (χ0n) is 14.2. The van der Waals surface area contributed by atoms with Crippen molar-refractivity contribution >= 4 is 21.9 Å². The summed E-state index contributed by atoms with van der Waals surface area (Å²) < 4.78 is 26.2. The summed E-state index contributed by atoms with van der Waals surface area (Å²) in [4.78, 5) is 24.6. The molecule has 0 fully saturated rings. The Balaban J connectivity index is 3.05. The first-order valence-corrected chi connectivity index (χ1v) is 9.33. The van der Waals surface area contributed by atoms with Crippen molar-refractivity contribution in [3.05, 3.63) is 29.8 Å². The summed E-state index contributed by atoms with van der Waals surface area (Å²) in [7, 11) is -3.58. The summed E-state index contributed by atoms with van der Waals surface area (Å²) >= 11 is 0. The van der Waals surface area contributed by atoms with E-state index in [1.807, 2.05) is 6.92 Å². The van der Waals surface area contributed by atoms with Gasteiger partial charge >= 0.3 is 5.97 Å². The van der Waals surface area contributed by atoms with Gasteiger partial charge in [0.25, 0.3) is 5.91 Å². The predicted octanol–water partition coefficient (Wildman–Crippen LogP) is 1.65. The van der Waals surface area contributed by atoms with Crippen molar-refractivity contribution in [1.82, 2.24) is 9.21 Å². The Morgan fingerprint density at radius 2 is 1.58 bits per heavy atom. The van der Waals surface area contributed by atoms with E-state index in [1.165, 1.54) is 33.5 Å². The molecule has 1 rings (SSSR count). The number of rotatable bonds is 9. The second-order valence-corrected chi connectivity index (χ2v) is 7.17. The van der Waals surface area contributed by atoms with Gasteiger partial charge in [-0.05, 0) is 30.7 Å². The minimum Gasteiger partial charge on any atom is -0.480 e. The van der Waals surface area contributed by atoms with Crippen LogP contribution in [-0.4, -0.2) is 60.8 Å². The quantitative estimate of drug-likeness (QED) is 0.726. The van der Waals surface area contributed by atoms with Gasteiger partial charge in [-0.2, -0.15) is 4.31 Å². The molecule has 0 bridgehead atoms. The molecule has 1 N–H and O–H groups in total. The lowest BCUT2D eigenvalue weighted by atomic mass is 10.2. The van der Waals surface area contributed by atoms with Crippen LogP contribution in [0.1, 0.15) is 37.6 Å². The average molecular weight is 356 g/mol. The van der Waals surface area contributed by atoms with E-state index in [4.69, 9.17) is 5.11 Å². The van der Waals surface area contributed by atoms with Crippen LogP contribution in [0.15, 0.2) is 29.2 Å². The number of nitrogens with zero attached hydrogens (tertiary/aromatic N) is 2. The molecule has 0 atom stereocenters. The first-order chi connectivity index (χ1) is 11.3. The summed E-state index contributed by atoms with van der Waals surface area (Å²) in [6, 6.07) is 5.60. The van der Waals surface area contributed by atoms with E-state index in [9.17, 15) is 18.0 Å². The zero-order valence-corrected chi connectivity index (χ0v) is 15.0. The van der Waals surface area contributed by atoms with Gasteiger partial charge in [0, 0.05) is 25.2 Å². The van der Waals surface area contributed by atoms with Crippen molar-refractivity contribution in [3.63, 3.8) is 0 Å². The largest absolute Gasteiger partial charge is 0.480 e. The second-order valence-electron chi connectivity index (χ2n) is 5.23. The van der Waals surface area contributed by atoms with E-state index in [2.05, 4.69) is 0 Å². The van der Waals surface area contributed by atoms with Crippen LogP contribution in [0.3, 0.4) is 0 Å². The number of amides is 1. The van der Waals surface area contributed by atoms with Crippen molar-refractivity contribution in [2.75, 3.05) is 26.2 Å². The minimum atomic E-state index is -3.58. The van der Waals surface area contributed by atoms with E-state index in [0.29, 0.717) is 26.1 Å². The maximum atomic E-state index is 12.4. The number of carbonyl (C=O) groups excluding carboxylic acids is 1. The van der Waals surface area contributed by atoms with E-state index < -0.39 is 21.9 Å². The van der Waals surface area contributed by atoms with Crippen LogP contribution >= 0.6 is 0 Å². The number of hydrogen-bond donors (Lipinski definition) is 1. The van der Waals surface area contributed by atoms with Crippen LogP contribution in [0.4, 0.5) is 0 Å². The predicted molar refractivity (Wildman–Crippen MR) is 90.4 cm³/mol. The summed E-state index contributed by atoms with van der Waals surface area (Å²) in [5.74, 6) is -1.51. The van der Waals surface area contributed by atoms with Gasteiger partial charge in [0.05, 0.1) is 4.90 Å². The van der Waals surface area contributed by atoms with Crippen molar-refractivity contribution in [1.29, 1.82) is 0 Å². The maximum Gasteiger partial charge on any atom is 0.323 e. The third kappa shape index (κ3) is 4.78. The van der Waals surface area contributed by atoms with Crippen LogP contribution < -0.4 is 0 Å². The number of hydrogen-bond acceptors (Lipinski definition) is 4. The van der Waals surface area contributed by atoms with Gasteiger partial charge in [0.15, 0.2) is 0 Å². The highest BCUT2D eigenvalue weighted by molar-refractivity contribution is 7.89. The number of carboxylic acids is 1. The fourth-order valence-corrected chi connectivity index (χ4v) is 3.81. The van der Waals surface area contributed by atoms with Crippen LogP contribution in [-0.2, 0) is 14.8 Å². The van der Waals surface area contributed by atoms with Gasteiger partial charge in [0.2, 0.25) is 10.0 Å². The number of aliphatic carboxylic acids is 1. The molecule has 0 aromatic heterocycles. The van der Waals surface area contributed by atoms with Crippen LogP contribution in [0.2, 0.25) is 0 Å². The standard InChI is InChI=1S/C16H24N2O5S/c1-4-11-17(12-15(19)20)16(21)13-7-9-14(10-8-13)24(22,23)18(5-2)6-3/h7-10H,4-6,11-12H2,1-3H3,(H,19,20). The molecule has 1 aromatic rings. The SMILES string of the molecule is CCCN(CC(=O)O)C(=O)c1ccc(S(=O)(=O)N(CC)CC)cc1. The molecule has 0 unspecified atom stereocenters. The highest BCUT2D eigenvalue weighted by atomic mass is 32.2. The average Bonchev–Trinajstić information content (AvgIpc) is 2.54. The van der Waals surface area contributed by atoms with E-state index >= 15 is 0 Å².